The lowest BCUT2D eigenvalue weighted by molar-refractivity contribution is 0.171. The molecule has 2 aliphatic rings. The van der Waals surface area contributed by atoms with Crippen LogP contribution >= 0.6 is 0 Å². The number of ether oxygens (including phenoxy) is 2. The Morgan fingerprint density at radius 2 is 1.81 bits per heavy atom. The van der Waals surface area contributed by atoms with Crippen molar-refractivity contribution in [1.29, 1.82) is 0 Å². The van der Waals surface area contributed by atoms with Crippen LogP contribution in [-0.4, -0.2) is 34.5 Å². The van der Waals surface area contributed by atoms with Gasteiger partial charge in [-0.1, -0.05) is 24.3 Å². The molecule has 6 heteroatoms. The Hall–Kier alpha value is -3.02. The van der Waals surface area contributed by atoms with Crippen LogP contribution in [0.15, 0.2) is 42.5 Å². The van der Waals surface area contributed by atoms with Crippen molar-refractivity contribution in [3.05, 3.63) is 53.6 Å². The lowest BCUT2D eigenvalue weighted by atomic mass is 9.94. The van der Waals surface area contributed by atoms with E-state index in [2.05, 4.69) is 50.9 Å². The first-order valence-electron chi connectivity index (χ1n) is 9.36. The van der Waals surface area contributed by atoms with Gasteiger partial charge < -0.3 is 14.4 Å². The monoisotopic (exact) mass is 362 g/mol. The molecule has 2 aromatic carbocycles. The maximum Gasteiger partial charge on any atom is 0.227 e. The number of aromatic nitrogens is 3. The van der Waals surface area contributed by atoms with Crippen LogP contribution in [0.2, 0.25) is 0 Å². The average molecular weight is 362 g/mol. The van der Waals surface area contributed by atoms with Gasteiger partial charge in [-0.25, -0.2) is 0 Å². The van der Waals surface area contributed by atoms with Gasteiger partial charge in [-0.2, -0.15) is 0 Å². The minimum atomic E-state index is 0.269. The molecule has 0 amide bonds. The van der Waals surface area contributed by atoms with E-state index in [1.54, 1.807) is 0 Å². The van der Waals surface area contributed by atoms with Crippen molar-refractivity contribution in [2.75, 3.05) is 24.7 Å². The number of fused-ring (bicyclic) bond motifs is 2. The summed E-state index contributed by atoms with van der Waals surface area (Å²) in [5.41, 5.74) is 3.77. The van der Waals surface area contributed by atoms with E-state index in [9.17, 15) is 0 Å². The SMILES string of the molecule is CC1c2ccccc2CCN1c1nnc(-c2ccc3c(c2)OCCO3)n1C. The third-order valence-corrected chi connectivity index (χ3v) is 5.50. The Morgan fingerprint density at radius 3 is 2.70 bits per heavy atom. The van der Waals surface area contributed by atoms with E-state index < -0.39 is 0 Å². The molecule has 0 N–H and O–H groups in total. The van der Waals surface area contributed by atoms with E-state index >= 15 is 0 Å². The van der Waals surface area contributed by atoms with Gasteiger partial charge in [0.25, 0.3) is 0 Å². The molecule has 3 heterocycles. The molecule has 0 bridgehead atoms. The van der Waals surface area contributed by atoms with Gasteiger partial charge in [0.05, 0.1) is 6.04 Å². The Labute approximate surface area is 158 Å². The fourth-order valence-electron chi connectivity index (χ4n) is 4.05. The fourth-order valence-corrected chi connectivity index (χ4v) is 4.05. The van der Waals surface area contributed by atoms with Crippen LogP contribution in [-0.2, 0) is 13.5 Å². The van der Waals surface area contributed by atoms with E-state index in [-0.39, 0.29) is 6.04 Å². The predicted octanol–water partition coefficient (Wildman–Crippen LogP) is 3.38. The minimum absolute atomic E-state index is 0.269. The van der Waals surface area contributed by atoms with Crippen molar-refractivity contribution in [1.82, 2.24) is 14.8 Å². The molecule has 0 fully saturated rings. The zero-order chi connectivity index (χ0) is 18.4. The van der Waals surface area contributed by atoms with Gasteiger partial charge in [-0.15, -0.1) is 10.2 Å². The van der Waals surface area contributed by atoms with Gasteiger partial charge in [0.15, 0.2) is 17.3 Å². The van der Waals surface area contributed by atoms with Crippen LogP contribution in [0.25, 0.3) is 11.4 Å². The largest absolute Gasteiger partial charge is 0.486 e. The summed E-state index contributed by atoms with van der Waals surface area (Å²) in [6.07, 6.45) is 1.02. The highest BCUT2D eigenvalue weighted by Gasteiger charge is 2.27. The van der Waals surface area contributed by atoms with Crippen LogP contribution in [0, 0.1) is 0 Å². The van der Waals surface area contributed by atoms with E-state index in [1.807, 2.05) is 25.2 Å². The van der Waals surface area contributed by atoms with E-state index in [0.29, 0.717) is 13.2 Å². The third kappa shape index (κ3) is 2.63. The molecular weight excluding hydrogens is 340 g/mol. The quantitative estimate of drug-likeness (QED) is 0.700. The number of rotatable bonds is 2. The van der Waals surface area contributed by atoms with Crippen LogP contribution in [0.5, 0.6) is 11.5 Å². The van der Waals surface area contributed by atoms with Gasteiger partial charge in [0.2, 0.25) is 5.95 Å². The molecule has 5 rings (SSSR count). The molecular formula is C21H22N4O2. The molecule has 6 nitrogen and oxygen atoms in total. The molecule has 1 unspecified atom stereocenters. The number of hydrogen-bond acceptors (Lipinski definition) is 5. The van der Waals surface area contributed by atoms with Crippen LogP contribution in [0.4, 0.5) is 5.95 Å². The molecule has 3 aromatic rings. The molecule has 0 radical (unpaired) electrons. The molecule has 0 spiro atoms. The van der Waals surface area contributed by atoms with E-state index in [4.69, 9.17) is 9.47 Å². The number of hydrogen-bond donors (Lipinski definition) is 0. The molecule has 0 aliphatic carbocycles. The second kappa shape index (κ2) is 6.30. The minimum Gasteiger partial charge on any atom is -0.486 e. The summed E-state index contributed by atoms with van der Waals surface area (Å²) in [7, 11) is 2.02. The molecule has 0 saturated carbocycles. The Kier molecular flexibility index (Phi) is 3.77. The normalized spacial score (nSPS) is 18.3. The fraction of sp³-hybridized carbons (Fsp3) is 0.333. The lowest BCUT2D eigenvalue weighted by Gasteiger charge is -2.35. The van der Waals surface area contributed by atoms with Crippen molar-refractivity contribution in [2.24, 2.45) is 7.05 Å². The van der Waals surface area contributed by atoms with Gasteiger partial charge >= 0.3 is 0 Å². The highest BCUT2D eigenvalue weighted by molar-refractivity contribution is 5.63. The second-order valence-corrected chi connectivity index (χ2v) is 7.06. The van der Waals surface area contributed by atoms with E-state index in [0.717, 1.165) is 41.8 Å². The number of benzene rings is 2. The number of anilines is 1. The van der Waals surface area contributed by atoms with Gasteiger partial charge in [0, 0.05) is 19.2 Å². The van der Waals surface area contributed by atoms with Crippen LogP contribution < -0.4 is 14.4 Å². The van der Waals surface area contributed by atoms with Crippen molar-refractivity contribution in [3.63, 3.8) is 0 Å². The van der Waals surface area contributed by atoms with Crippen molar-refractivity contribution in [2.45, 2.75) is 19.4 Å². The Bertz CT molecular complexity index is 998. The summed E-state index contributed by atoms with van der Waals surface area (Å²) in [6, 6.07) is 14.9. The van der Waals surface area contributed by atoms with Gasteiger partial charge in [-0.3, -0.25) is 4.57 Å². The summed E-state index contributed by atoms with van der Waals surface area (Å²) in [4.78, 5) is 2.33. The summed E-state index contributed by atoms with van der Waals surface area (Å²) in [5, 5.41) is 8.99. The second-order valence-electron chi connectivity index (χ2n) is 7.06. The number of nitrogens with zero attached hydrogens (tertiary/aromatic N) is 4. The van der Waals surface area contributed by atoms with Crippen LogP contribution in [0.3, 0.4) is 0 Å². The standard InChI is InChI=1S/C21H22N4O2/c1-14-17-6-4-3-5-15(17)9-10-25(14)21-23-22-20(24(21)2)16-7-8-18-19(13-16)27-12-11-26-18/h3-8,13-14H,9-12H2,1-2H3. The van der Waals surface area contributed by atoms with Crippen molar-refractivity contribution in [3.8, 4) is 22.9 Å². The molecule has 2 aliphatic heterocycles. The summed E-state index contributed by atoms with van der Waals surface area (Å²) >= 11 is 0. The van der Waals surface area contributed by atoms with Crippen LogP contribution in [0.1, 0.15) is 24.1 Å². The lowest BCUT2D eigenvalue weighted by Crippen LogP contribution is -2.35. The first-order valence-corrected chi connectivity index (χ1v) is 9.36. The zero-order valence-electron chi connectivity index (χ0n) is 15.6. The molecule has 27 heavy (non-hydrogen) atoms. The predicted molar refractivity (Wildman–Crippen MR) is 103 cm³/mol. The maximum absolute atomic E-state index is 5.71. The smallest absolute Gasteiger partial charge is 0.227 e. The maximum atomic E-state index is 5.71. The first kappa shape index (κ1) is 16.2. The molecule has 0 saturated heterocycles. The third-order valence-electron chi connectivity index (χ3n) is 5.50. The summed E-state index contributed by atoms with van der Waals surface area (Å²) < 4.78 is 13.4. The Balaban J connectivity index is 1.49. The zero-order valence-corrected chi connectivity index (χ0v) is 15.6. The van der Waals surface area contributed by atoms with Crippen molar-refractivity contribution >= 4 is 5.95 Å². The average Bonchev–Trinajstić information content (AvgIpc) is 3.09. The van der Waals surface area contributed by atoms with Gasteiger partial charge in [0.1, 0.15) is 13.2 Å². The summed E-state index contributed by atoms with van der Waals surface area (Å²) in [6.45, 7) is 4.34. The van der Waals surface area contributed by atoms with Gasteiger partial charge in [-0.05, 0) is 42.7 Å². The highest BCUT2D eigenvalue weighted by atomic mass is 16.6. The molecule has 1 aromatic heterocycles. The topological polar surface area (TPSA) is 52.4 Å². The van der Waals surface area contributed by atoms with Crippen molar-refractivity contribution < 1.29 is 9.47 Å². The highest BCUT2D eigenvalue weighted by Crippen LogP contribution is 2.36. The first-order chi connectivity index (χ1) is 13.2. The molecule has 138 valence electrons. The van der Waals surface area contributed by atoms with E-state index in [1.165, 1.54) is 11.1 Å². The Morgan fingerprint density at radius 1 is 1.00 bits per heavy atom. The molecule has 1 atom stereocenters. The summed E-state index contributed by atoms with van der Waals surface area (Å²) in [5.74, 6) is 3.27.